The van der Waals surface area contributed by atoms with Gasteiger partial charge in [-0.15, -0.1) is 0 Å². The third-order valence-electron chi connectivity index (χ3n) is 2.76. The molecule has 1 N–H and O–H groups in total. The molecule has 0 saturated heterocycles. The van der Waals surface area contributed by atoms with E-state index in [1.165, 1.54) is 0 Å². The second-order valence-corrected chi connectivity index (χ2v) is 4.46. The molecule has 0 bridgehead atoms. The zero-order valence-corrected chi connectivity index (χ0v) is 10.5. The normalized spacial score (nSPS) is 13.6. The molecule has 1 aromatic rings. The van der Waals surface area contributed by atoms with E-state index in [4.69, 9.17) is 11.6 Å². The molecular formula is C12H13ClN2O2. The Morgan fingerprint density at radius 3 is 2.71 bits per heavy atom. The minimum absolute atomic E-state index is 0.355. The molecule has 2 rings (SSSR count). The first kappa shape index (κ1) is 11.9. The van der Waals surface area contributed by atoms with Crippen molar-refractivity contribution in [1.82, 2.24) is 0 Å². The fourth-order valence-electron chi connectivity index (χ4n) is 1.90. The molecule has 0 aliphatic carbocycles. The number of nitrogens with zero attached hydrogens (tertiary/aromatic N) is 1. The number of hydrogen-bond donors (Lipinski definition) is 1. The molecule has 0 saturated carbocycles. The van der Waals surface area contributed by atoms with Crippen molar-refractivity contribution in [3.05, 3.63) is 22.7 Å². The smallest absolute Gasteiger partial charge is 0.296 e. The lowest BCUT2D eigenvalue weighted by molar-refractivity contribution is -0.112. The molecule has 90 valence electrons. The Morgan fingerprint density at radius 1 is 1.35 bits per heavy atom. The highest BCUT2D eigenvalue weighted by atomic mass is 35.5. The average molecular weight is 253 g/mol. The molecule has 4 nitrogen and oxygen atoms in total. The molecule has 0 fully saturated rings. The van der Waals surface area contributed by atoms with Crippen LogP contribution in [0.2, 0.25) is 5.02 Å². The van der Waals surface area contributed by atoms with Crippen LogP contribution in [0.1, 0.15) is 23.7 Å². The first-order chi connectivity index (χ1) is 8.04. The third-order valence-corrected chi connectivity index (χ3v) is 3.06. The lowest BCUT2D eigenvalue weighted by Crippen LogP contribution is -2.18. The summed E-state index contributed by atoms with van der Waals surface area (Å²) in [5.41, 5.74) is 1.72. The maximum absolute atomic E-state index is 11.5. The first-order valence-corrected chi connectivity index (χ1v) is 5.82. The minimum Gasteiger partial charge on any atom is -0.373 e. The van der Waals surface area contributed by atoms with Crippen LogP contribution in [0.4, 0.5) is 11.4 Å². The number of carbonyl (C=O) groups excluding carboxylic acids is 2. The summed E-state index contributed by atoms with van der Waals surface area (Å²) in [7, 11) is 1.93. The van der Waals surface area contributed by atoms with Crippen molar-refractivity contribution in [1.29, 1.82) is 0 Å². The van der Waals surface area contributed by atoms with Crippen LogP contribution in [0, 0.1) is 0 Å². The average Bonchev–Trinajstić information content (AvgIpc) is 2.55. The quantitative estimate of drug-likeness (QED) is 0.840. The van der Waals surface area contributed by atoms with E-state index in [0.29, 0.717) is 16.3 Å². The number of halogens is 1. The van der Waals surface area contributed by atoms with Gasteiger partial charge >= 0.3 is 0 Å². The van der Waals surface area contributed by atoms with E-state index in [1.807, 2.05) is 11.9 Å². The van der Waals surface area contributed by atoms with Gasteiger partial charge in [-0.05, 0) is 18.6 Å². The Kier molecular flexibility index (Phi) is 3.07. The molecule has 1 amide bonds. The van der Waals surface area contributed by atoms with Crippen LogP contribution in [0.3, 0.4) is 0 Å². The zero-order chi connectivity index (χ0) is 12.6. The summed E-state index contributed by atoms with van der Waals surface area (Å²) in [6, 6.07) is 3.30. The predicted octanol–water partition coefficient (Wildman–Crippen LogP) is 2.32. The number of carbonyl (C=O) groups is 2. The van der Waals surface area contributed by atoms with Gasteiger partial charge in [0, 0.05) is 13.6 Å². The number of amides is 1. The van der Waals surface area contributed by atoms with Gasteiger partial charge in [0.2, 0.25) is 0 Å². The Morgan fingerprint density at radius 2 is 2.06 bits per heavy atom. The van der Waals surface area contributed by atoms with Crippen LogP contribution in [0.15, 0.2) is 12.1 Å². The van der Waals surface area contributed by atoms with Gasteiger partial charge in [0.25, 0.3) is 11.7 Å². The van der Waals surface area contributed by atoms with Gasteiger partial charge in [-0.3, -0.25) is 9.59 Å². The Labute approximate surface area is 105 Å². The monoisotopic (exact) mass is 252 g/mol. The molecule has 0 radical (unpaired) electrons. The van der Waals surface area contributed by atoms with E-state index in [0.717, 1.165) is 18.7 Å². The molecule has 17 heavy (non-hydrogen) atoms. The third kappa shape index (κ3) is 2.00. The number of hydrogen-bond acceptors (Lipinski definition) is 3. The summed E-state index contributed by atoms with van der Waals surface area (Å²) in [5, 5.41) is 3.03. The molecule has 1 aromatic carbocycles. The van der Waals surface area contributed by atoms with Crippen molar-refractivity contribution in [3.8, 4) is 0 Å². The van der Waals surface area contributed by atoms with Gasteiger partial charge in [0.1, 0.15) is 0 Å². The van der Waals surface area contributed by atoms with Crippen molar-refractivity contribution in [2.45, 2.75) is 13.3 Å². The number of Topliss-reactive ketones (excluding diaryl/α,β-unsaturated/α-hetero) is 1. The van der Waals surface area contributed by atoms with Crippen LogP contribution in [0.5, 0.6) is 0 Å². The summed E-state index contributed by atoms with van der Waals surface area (Å²) in [5.74, 6) is -1.11. The number of rotatable bonds is 3. The molecule has 0 aromatic heterocycles. The fraction of sp³-hybridized carbons (Fsp3) is 0.333. The standard InChI is InChI=1S/C12H13ClN2O2/c1-3-4-15(2)10-6-9-7(5-8(10)13)11(16)12(17)14-9/h5-6H,3-4H2,1-2H3,(H,14,16,17). The lowest BCUT2D eigenvalue weighted by atomic mass is 10.1. The SMILES string of the molecule is CCCN(C)c1cc2c(cc1Cl)C(=O)C(=O)N2. The van der Waals surface area contributed by atoms with Crippen LogP contribution >= 0.6 is 11.6 Å². The van der Waals surface area contributed by atoms with Crippen LogP contribution in [-0.2, 0) is 4.79 Å². The molecule has 1 aliphatic heterocycles. The molecular weight excluding hydrogens is 240 g/mol. The Bertz CT molecular complexity index is 500. The highest BCUT2D eigenvalue weighted by molar-refractivity contribution is 6.52. The van der Waals surface area contributed by atoms with Crippen LogP contribution in [-0.4, -0.2) is 25.3 Å². The van der Waals surface area contributed by atoms with Gasteiger partial charge in [0.05, 0.1) is 22.0 Å². The predicted molar refractivity (Wildman–Crippen MR) is 68.0 cm³/mol. The summed E-state index contributed by atoms with van der Waals surface area (Å²) < 4.78 is 0. The van der Waals surface area contributed by atoms with Crippen molar-refractivity contribution < 1.29 is 9.59 Å². The largest absolute Gasteiger partial charge is 0.373 e. The summed E-state index contributed by atoms with van der Waals surface area (Å²) in [6.45, 7) is 2.93. The maximum Gasteiger partial charge on any atom is 0.296 e. The van der Waals surface area contributed by atoms with E-state index in [9.17, 15) is 9.59 Å². The van der Waals surface area contributed by atoms with Crippen molar-refractivity contribution in [2.24, 2.45) is 0 Å². The number of anilines is 2. The van der Waals surface area contributed by atoms with Gasteiger partial charge in [-0.1, -0.05) is 18.5 Å². The molecule has 0 spiro atoms. The van der Waals surface area contributed by atoms with Crippen molar-refractivity contribution in [3.63, 3.8) is 0 Å². The molecule has 0 unspecified atom stereocenters. The Balaban J connectivity index is 2.43. The highest BCUT2D eigenvalue weighted by Crippen LogP contribution is 2.34. The molecule has 0 atom stereocenters. The zero-order valence-electron chi connectivity index (χ0n) is 9.71. The first-order valence-electron chi connectivity index (χ1n) is 5.45. The number of ketones is 1. The van der Waals surface area contributed by atoms with E-state index in [1.54, 1.807) is 12.1 Å². The highest BCUT2D eigenvalue weighted by Gasteiger charge is 2.29. The summed E-state index contributed by atoms with van der Waals surface area (Å²) in [4.78, 5) is 24.7. The van der Waals surface area contributed by atoms with E-state index < -0.39 is 11.7 Å². The van der Waals surface area contributed by atoms with Crippen LogP contribution in [0.25, 0.3) is 0 Å². The summed E-state index contributed by atoms with van der Waals surface area (Å²) >= 11 is 6.12. The molecule has 1 aliphatic rings. The van der Waals surface area contributed by atoms with Gasteiger partial charge in [-0.25, -0.2) is 0 Å². The number of nitrogens with one attached hydrogen (secondary N) is 1. The van der Waals surface area contributed by atoms with Gasteiger partial charge in [0.15, 0.2) is 0 Å². The minimum atomic E-state index is -0.591. The maximum atomic E-state index is 11.5. The van der Waals surface area contributed by atoms with Crippen LogP contribution < -0.4 is 10.2 Å². The molecule has 1 heterocycles. The van der Waals surface area contributed by atoms with Crippen molar-refractivity contribution in [2.75, 3.05) is 23.8 Å². The Hall–Kier alpha value is -1.55. The molecule has 5 heteroatoms. The van der Waals surface area contributed by atoms with E-state index >= 15 is 0 Å². The van der Waals surface area contributed by atoms with Gasteiger partial charge < -0.3 is 10.2 Å². The lowest BCUT2D eigenvalue weighted by Gasteiger charge is -2.20. The second-order valence-electron chi connectivity index (χ2n) is 4.05. The van der Waals surface area contributed by atoms with Gasteiger partial charge in [-0.2, -0.15) is 0 Å². The van der Waals surface area contributed by atoms with E-state index in [-0.39, 0.29) is 0 Å². The topological polar surface area (TPSA) is 49.4 Å². The number of fused-ring (bicyclic) bond motifs is 1. The summed E-state index contributed by atoms with van der Waals surface area (Å²) in [6.07, 6.45) is 0.995. The fourth-order valence-corrected chi connectivity index (χ4v) is 2.21. The van der Waals surface area contributed by atoms with E-state index in [2.05, 4.69) is 12.2 Å². The number of benzene rings is 1. The second kappa shape index (κ2) is 4.37. The van der Waals surface area contributed by atoms with Crippen molar-refractivity contribution >= 4 is 34.7 Å².